The van der Waals surface area contributed by atoms with Crippen molar-refractivity contribution in [2.45, 2.75) is 20.4 Å². The predicted octanol–water partition coefficient (Wildman–Crippen LogP) is 1.66. The summed E-state index contributed by atoms with van der Waals surface area (Å²) in [6.07, 6.45) is 0. The van der Waals surface area contributed by atoms with Crippen LogP contribution in [0.2, 0.25) is 0 Å². The second-order valence-electron chi connectivity index (χ2n) is 6.19. The van der Waals surface area contributed by atoms with E-state index >= 15 is 0 Å². The molecule has 1 aromatic heterocycles. The molecule has 0 saturated carbocycles. The number of hydrogen-bond acceptors (Lipinski definition) is 7. The molecule has 1 aliphatic rings. The number of urea groups is 1. The van der Waals surface area contributed by atoms with E-state index in [0.717, 1.165) is 16.8 Å². The summed E-state index contributed by atoms with van der Waals surface area (Å²) in [5.41, 5.74) is 2.92. The number of benzene rings is 1. The van der Waals surface area contributed by atoms with Crippen molar-refractivity contribution in [1.29, 1.82) is 0 Å². The maximum absolute atomic E-state index is 12.2. The standard InChI is InChI=1S/C18H24N6O3/c1-12-5-4-6-14(13(12)2)20-17(25)19-11-15-21-16(23-18(22-15)26-3)24-7-9-27-10-8-24/h4-6H,7-11H2,1-3H3,(H2,19,20,25). The molecule has 0 spiro atoms. The lowest BCUT2D eigenvalue weighted by atomic mass is 10.1. The van der Waals surface area contributed by atoms with E-state index in [1.54, 1.807) is 0 Å². The van der Waals surface area contributed by atoms with Crippen LogP contribution in [0.5, 0.6) is 6.01 Å². The first-order valence-electron chi connectivity index (χ1n) is 8.79. The van der Waals surface area contributed by atoms with Crippen LogP contribution in [-0.2, 0) is 11.3 Å². The van der Waals surface area contributed by atoms with Crippen molar-refractivity contribution in [2.75, 3.05) is 43.6 Å². The van der Waals surface area contributed by atoms with Crippen LogP contribution in [0.25, 0.3) is 0 Å². The number of methoxy groups -OCH3 is 1. The fourth-order valence-corrected chi connectivity index (χ4v) is 2.67. The minimum absolute atomic E-state index is 0.160. The molecule has 0 atom stereocenters. The van der Waals surface area contributed by atoms with Crippen molar-refractivity contribution in [3.05, 3.63) is 35.2 Å². The molecule has 2 N–H and O–H groups in total. The lowest BCUT2D eigenvalue weighted by Gasteiger charge is -2.26. The van der Waals surface area contributed by atoms with Gasteiger partial charge in [-0.15, -0.1) is 0 Å². The summed E-state index contributed by atoms with van der Waals surface area (Å²) in [7, 11) is 1.50. The number of aromatic nitrogens is 3. The fraction of sp³-hybridized carbons (Fsp3) is 0.444. The number of nitrogens with one attached hydrogen (secondary N) is 2. The van der Waals surface area contributed by atoms with E-state index in [0.29, 0.717) is 38.1 Å². The van der Waals surface area contributed by atoms with Crippen LogP contribution in [-0.4, -0.2) is 54.4 Å². The molecule has 2 heterocycles. The number of nitrogens with zero attached hydrogens (tertiary/aromatic N) is 4. The first kappa shape index (κ1) is 18.8. The van der Waals surface area contributed by atoms with E-state index in [2.05, 4.69) is 25.6 Å². The van der Waals surface area contributed by atoms with Gasteiger partial charge in [0.05, 0.1) is 26.9 Å². The number of carbonyl (C=O) groups excluding carboxylic acids is 1. The summed E-state index contributed by atoms with van der Waals surface area (Å²) in [6.45, 7) is 6.78. The van der Waals surface area contributed by atoms with Crippen molar-refractivity contribution >= 4 is 17.7 Å². The minimum atomic E-state index is -0.323. The lowest BCUT2D eigenvalue weighted by Crippen LogP contribution is -2.38. The highest BCUT2D eigenvalue weighted by Gasteiger charge is 2.17. The van der Waals surface area contributed by atoms with Crippen LogP contribution in [0, 0.1) is 13.8 Å². The summed E-state index contributed by atoms with van der Waals surface area (Å²) in [5.74, 6) is 0.955. The summed E-state index contributed by atoms with van der Waals surface area (Å²) < 4.78 is 10.5. The zero-order valence-corrected chi connectivity index (χ0v) is 15.8. The maximum atomic E-state index is 12.2. The van der Waals surface area contributed by atoms with Crippen molar-refractivity contribution < 1.29 is 14.3 Å². The average molecular weight is 372 g/mol. The summed E-state index contributed by atoms with van der Waals surface area (Å²) in [6, 6.07) is 5.67. The number of amides is 2. The second-order valence-corrected chi connectivity index (χ2v) is 6.19. The molecule has 144 valence electrons. The number of carbonyl (C=O) groups is 1. The number of morpholine rings is 1. The first-order chi connectivity index (χ1) is 13.1. The van der Waals surface area contributed by atoms with Gasteiger partial charge >= 0.3 is 12.0 Å². The van der Waals surface area contributed by atoms with Crippen molar-refractivity contribution in [2.24, 2.45) is 0 Å². The monoisotopic (exact) mass is 372 g/mol. The average Bonchev–Trinajstić information content (AvgIpc) is 2.70. The largest absolute Gasteiger partial charge is 0.467 e. The minimum Gasteiger partial charge on any atom is -0.467 e. The molecule has 1 aliphatic heterocycles. The van der Waals surface area contributed by atoms with Crippen molar-refractivity contribution in [1.82, 2.24) is 20.3 Å². The highest BCUT2D eigenvalue weighted by Crippen LogP contribution is 2.18. The van der Waals surface area contributed by atoms with Crippen LogP contribution >= 0.6 is 0 Å². The van der Waals surface area contributed by atoms with Gasteiger partial charge in [0.15, 0.2) is 5.82 Å². The van der Waals surface area contributed by atoms with E-state index < -0.39 is 0 Å². The third-order valence-corrected chi connectivity index (χ3v) is 4.39. The third kappa shape index (κ3) is 4.82. The van der Waals surface area contributed by atoms with Crippen molar-refractivity contribution in [3.8, 4) is 6.01 Å². The summed E-state index contributed by atoms with van der Waals surface area (Å²) >= 11 is 0. The Balaban J connectivity index is 1.66. The molecule has 0 bridgehead atoms. The maximum Gasteiger partial charge on any atom is 0.321 e. The van der Waals surface area contributed by atoms with Crippen LogP contribution in [0.4, 0.5) is 16.4 Å². The molecule has 0 unspecified atom stereocenters. The molecular formula is C18H24N6O3. The van der Waals surface area contributed by atoms with Crippen molar-refractivity contribution in [3.63, 3.8) is 0 Å². The number of aryl methyl sites for hydroxylation is 1. The second kappa shape index (κ2) is 8.63. The van der Waals surface area contributed by atoms with E-state index in [-0.39, 0.29) is 18.6 Å². The van der Waals surface area contributed by atoms with Crippen LogP contribution in [0.3, 0.4) is 0 Å². The Kier molecular flexibility index (Phi) is 6.02. The zero-order valence-electron chi connectivity index (χ0n) is 15.8. The Morgan fingerprint density at radius 2 is 2.00 bits per heavy atom. The van der Waals surface area contributed by atoms with Crippen LogP contribution in [0.15, 0.2) is 18.2 Å². The zero-order chi connectivity index (χ0) is 19.2. The van der Waals surface area contributed by atoms with Gasteiger partial charge in [-0.25, -0.2) is 4.79 Å². The van der Waals surface area contributed by atoms with Crippen LogP contribution in [0.1, 0.15) is 17.0 Å². The van der Waals surface area contributed by atoms with Gasteiger partial charge in [-0.1, -0.05) is 12.1 Å². The van der Waals surface area contributed by atoms with E-state index in [1.807, 2.05) is 36.9 Å². The van der Waals surface area contributed by atoms with Gasteiger partial charge in [-0.05, 0) is 31.0 Å². The molecule has 9 nitrogen and oxygen atoms in total. The number of hydrogen-bond donors (Lipinski definition) is 2. The predicted molar refractivity (Wildman–Crippen MR) is 101 cm³/mol. The molecule has 1 aromatic carbocycles. The Hall–Kier alpha value is -2.94. The molecule has 3 rings (SSSR count). The fourth-order valence-electron chi connectivity index (χ4n) is 2.67. The molecule has 2 aromatic rings. The molecule has 0 radical (unpaired) electrons. The normalized spacial score (nSPS) is 14.0. The highest BCUT2D eigenvalue weighted by molar-refractivity contribution is 5.90. The van der Waals surface area contributed by atoms with Gasteiger partial charge in [0.1, 0.15) is 0 Å². The Morgan fingerprint density at radius 3 is 2.74 bits per heavy atom. The van der Waals surface area contributed by atoms with Gasteiger partial charge in [0.2, 0.25) is 5.95 Å². The van der Waals surface area contributed by atoms with Gasteiger partial charge in [0.25, 0.3) is 0 Å². The molecule has 0 aliphatic carbocycles. The quantitative estimate of drug-likeness (QED) is 0.823. The molecule has 27 heavy (non-hydrogen) atoms. The third-order valence-electron chi connectivity index (χ3n) is 4.39. The molecule has 2 amide bonds. The van der Waals surface area contributed by atoms with Gasteiger partial charge in [-0.2, -0.15) is 15.0 Å². The molecular weight excluding hydrogens is 348 g/mol. The number of rotatable bonds is 5. The van der Waals surface area contributed by atoms with E-state index in [1.165, 1.54) is 7.11 Å². The Labute approximate surface area is 158 Å². The van der Waals surface area contributed by atoms with E-state index in [9.17, 15) is 4.79 Å². The summed E-state index contributed by atoms with van der Waals surface area (Å²) in [4.78, 5) is 27.2. The summed E-state index contributed by atoms with van der Waals surface area (Å²) in [5, 5.41) is 5.62. The Morgan fingerprint density at radius 1 is 1.22 bits per heavy atom. The molecule has 9 heteroatoms. The van der Waals surface area contributed by atoms with Gasteiger partial charge in [0, 0.05) is 18.8 Å². The number of ether oxygens (including phenoxy) is 2. The topological polar surface area (TPSA) is 102 Å². The molecule has 1 saturated heterocycles. The van der Waals surface area contributed by atoms with E-state index in [4.69, 9.17) is 9.47 Å². The smallest absolute Gasteiger partial charge is 0.321 e. The molecule has 1 fully saturated rings. The number of anilines is 2. The first-order valence-corrected chi connectivity index (χ1v) is 8.79. The van der Waals surface area contributed by atoms with Gasteiger partial charge < -0.3 is 25.0 Å². The lowest BCUT2D eigenvalue weighted by molar-refractivity contribution is 0.122. The van der Waals surface area contributed by atoms with Crippen LogP contribution < -0.4 is 20.3 Å². The van der Waals surface area contributed by atoms with Gasteiger partial charge in [-0.3, -0.25) is 0 Å². The SMILES string of the molecule is COc1nc(CNC(=O)Nc2cccc(C)c2C)nc(N2CCOCC2)n1. The Bertz CT molecular complexity index is 808. The highest BCUT2D eigenvalue weighted by atomic mass is 16.5.